The molecule has 0 saturated heterocycles. The molecule has 0 amide bonds. The number of rotatable bonds is 5. The number of carboxylic acids is 1. The zero-order valence-electron chi connectivity index (χ0n) is 11.2. The molecular weight excluding hydrogens is 358 g/mol. The average Bonchev–Trinajstić information content (AvgIpc) is 2.46. The molecule has 0 aliphatic heterocycles. The average molecular weight is 370 g/mol. The Morgan fingerprint density at radius 2 is 2.10 bits per heavy atom. The molecule has 2 rings (SSSR count). The van der Waals surface area contributed by atoms with E-state index in [9.17, 15) is 9.90 Å². The topological polar surface area (TPSA) is 61.4 Å². The maximum absolute atomic E-state index is 10.9. The minimum Gasteiger partial charge on any atom is -0.545 e. The van der Waals surface area contributed by atoms with Gasteiger partial charge in [0.05, 0.1) is 13.1 Å². The number of nitrogens with one attached hydrogen (secondary N) is 1. The first-order valence-corrected chi connectivity index (χ1v) is 7.25. The third-order valence-electron chi connectivity index (χ3n) is 2.91. The van der Waals surface area contributed by atoms with Gasteiger partial charge in [0.1, 0.15) is 5.75 Å². The lowest BCUT2D eigenvalue weighted by atomic mass is 10.1. The molecule has 21 heavy (non-hydrogen) atoms. The van der Waals surface area contributed by atoms with Crippen LogP contribution in [0.5, 0.6) is 5.75 Å². The highest BCUT2D eigenvalue weighted by Crippen LogP contribution is 2.25. The third-order valence-corrected chi connectivity index (χ3v) is 3.73. The molecule has 2 aromatic carbocycles. The van der Waals surface area contributed by atoms with E-state index >= 15 is 0 Å². The molecule has 2 aromatic rings. The standard InChI is InChI=1S/C15H13BrClNO3/c1-21-14-5-2-10(16)6-9(14)8-18-11-3-4-13(17)12(7-11)15(19)20/h2-7,18H,8H2,1H3,(H,19,20)/p-1. The monoisotopic (exact) mass is 368 g/mol. The Morgan fingerprint density at radius 1 is 1.33 bits per heavy atom. The summed E-state index contributed by atoms with van der Waals surface area (Å²) in [5, 5.41) is 14.2. The Kier molecular flexibility index (Phi) is 5.09. The highest BCUT2D eigenvalue weighted by molar-refractivity contribution is 9.10. The molecule has 0 bridgehead atoms. The number of aromatic carboxylic acids is 1. The lowest BCUT2D eigenvalue weighted by molar-refractivity contribution is -0.255. The van der Waals surface area contributed by atoms with Crippen molar-refractivity contribution in [2.75, 3.05) is 12.4 Å². The highest BCUT2D eigenvalue weighted by atomic mass is 79.9. The van der Waals surface area contributed by atoms with Crippen molar-refractivity contribution in [3.8, 4) is 5.75 Å². The van der Waals surface area contributed by atoms with Crippen molar-refractivity contribution in [1.82, 2.24) is 0 Å². The van der Waals surface area contributed by atoms with Gasteiger partial charge in [-0.2, -0.15) is 0 Å². The van der Waals surface area contributed by atoms with Crippen molar-refractivity contribution in [2.45, 2.75) is 6.54 Å². The van der Waals surface area contributed by atoms with Crippen LogP contribution in [-0.2, 0) is 6.54 Å². The molecule has 0 aliphatic carbocycles. The van der Waals surface area contributed by atoms with E-state index in [0.29, 0.717) is 12.2 Å². The number of halogens is 2. The fourth-order valence-electron chi connectivity index (χ4n) is 1.87. The molecule has 6 heteroatoms. The Hall–Kier alpha value is -1.72. The Balaban J connectivity index is 2.19. The Labute approximate surface area is 135 Å². The van der Waals surface area contributed by atoms with E-state index in [1.807, 2.05) is 18.2 Å². The molecule has 0 heterocycles. The van der Waals surface area contributed by atoms with Gasteiger partial charge in [-0.25, -0.2) is 0 Å². The van der Waals surface area contributed by atoms with Gasteiger partial charge in [0.2, 0.25) is 0 Å². The molecular formula is C15H12BrClNO3-. The quantitative estimate of drug-likeness (QED) is 0.880. The molecule has 0 fully saturated rings. The summed E-state index contributed by atoms with van der Waals surface area (Å²) in [6.45, 7) is 0.483. The number of carbonyl (C=O) groups is 1. The molecule has 0 unspecified atom stereocenters. The molecule has 0 saturated carbocycles. The zero-order chi connectivity index (χ0) is 15.4. The molecule has 110 valence electrons. The second-order valence-electron chi connectivity index (χ2n) is 4.29. The molecule has 0 spiro atoms. The number of methoxy groups -OCH3 is 1. The molecule has 0 atom stereocenters. The van der Waals surface area contributed by atoms with Crippen molar-refractivity contribution in [3.63, 3.8) is 0 Å². The third kappa shape index (κ3) is 3.89. The number of benzene rings is 2. The van der Waals surface area contributed by atoms with Gasteiger partial charge >= 0.3 is 0 Å². The lowest BCUT2D eigenvalue weighted by Gasteiger charge is -2.13. The second kappa shape index (κ2) is 6.83. The van der Waals surface area contributed by atoms with Gasteiger partial charge in [-0.15, -0.1) is 0 Å². The zero-order valence-corrected chi connectivity index (χ0v) is 13.5. The predicted octanol–water partition coefficient (Wildman–Crippen LogP) is 3.09. The van der Waals surface area contributed by atoms with Crippen LogP contribution in [0.1, 0.15) is 15.9 Å². The molecule has 4 nitrogen and oxygen atoms in total. The first kappa shape index (κ1) is 15.7. The van der Waals surface area contributed by atoms with Crippen LogP contribution < -0.4 is 15.2 Å². The van der Waals surface area contributed by atoms with Crippen molar-refractivity contribution >= 4 is 39.2 Å². The number of ether oxygens (including phenoxy) is 1. The van der Waals surface area contributed by atoms with Crippen LogP contribution >= 0.6 is 27.5 Å². The minimum atomic E-state index is -1.30. The van der Waals surface area contributed by atoms with E-state index in [4.69, 9.17) is 16.3 Å². The first-order valence-electron chi connectivity index (χ1n) is 6.08. The number of hydrogen-bond acceptors (Lipinski definition) is 4. The second-order valence-corrected chi connectivity index (χ2v) is 5.61. The SMILES string of the molecule is COc1ccc(Br)cc1CNc1ccc(Cl)c(C(=O)[O-])c1. The summed E-state index contributed by atoms with van der Waals surface area (Å²) in [7, 11) is 1.60. The van der Waals surface area contributed by atoms with Crippen molar-refractivity contribution in [1.29, 1.82) is 0 Å². The van der Waals surface area contributed by atoms with Crippen LogP contribution in [0.25, 0.3) is 0 Å². The summed E-state index contributed by atoms with van der Waals surface area (Å²) in [5.41, 5.74) is 1.54. The van der Waals surface area contributed by atoms with E-state index < -0.39 is 5.97 Å². The van der Waals surface area contributed by atoms with E-state index in [-0.39, 0.29) is 10.6 Å². The molecule has 0 aromatic heterocycles. The van der Waals surface area contributed by atoms with Crippen LogP contribution in [0.3, 0.4) is 0 Å². The van der Waals surface area contributed by atoms with Crippen LogP contribution in [0.4, 0.5) is 5.69 Å². The normalized spacial score (nSPS) is 10.2. The van der Waals surface area contributed by atoms with Crippen molar-refractivity contribution in [2.24, 2.45) is 0 Å². The summed E-state index contributed by atoms with van der Waals surface area (Å²) in [6, 6.07) is 10.4. The van der Waals surface area contributed by atoms with Crippen LogP contribution in [-0.4, -0.2) is 13.1 Å². The predicted molar refractivity (Wildman–Crippen MR) is 83.8 cm³/mol. The van der Waals surface area contributed by atoms with Gasteiger partial charge in [-0.05, 0) is 36.4 Å². The van der Waals surface area contributed by atoms with Gasteiger partial charge in [0.25, 0.3) is 0 Å². The summed E-state index contributed by atoms with van der Waals surface area (Å²) in [5.74, 6) is -0.552. The maximum atomic E-state index is 10.9. The number of carbonyl (C=O) groups excluding carboxylic acids is 1. The van der Waals surface area contributed by atoms with Gasteiger partial charge in [-0.3, -0.25) is 0 Å². The van der Waals surface area contributed by atoms with Gasteiger partial charge in [0, 0.05) is 32.9 Å². The van der Waals surface area contributed by atoms with Crippen molar-refractivity contribution < 1.29 is 14.6 Å². The lowest BCUT2D eigenvalue weighted by Crippen LogP contribution is -2.22. The van der Waals surface area contributed by atoms with Crippen molar-refractivity contribution in [3.05, 3.63) is 57.0 Å². The summed E-state index contributed by atoms with van der Waals surface area (Å²) >= 11 is 9.21. The van der Waals surface area contributed by atoms with E-state index in [2.05, 4.69) is 21.2 Å². The fraction of sp³-hybridized carbons (Fsp3) is 0.133. The van der Waals surface area contributed by atoms with Crippen LogP contribution in [0, 0.1) is 0 Å². The summed E-state index contributed by atoms with van der Waals surface area (Å²) < 4.78 is 6.22. The highest BCUT2D eigenvalue weighted by Gasteiger charge is 2.06. The number of anilines is 1. The first-order chi connectivity index (χ1) is 10.0. The van der Waals surface area contributed by atoms with Crippen LogP contribution in [0.2, 0.25) is 5.02 Å². The number of hydrogen-bond donors (Lipinski definition) is 1. The minimum absolute atomic E-state index is 0.0390. The van der Waals surface area contributed by atoms with E-state index in [0.717, 1.165) is 15.8 Å². The largest absolute Gasteiger partial charge is 0.545 e. The summed E-state index contributed by atoms with van der Waals surface area (Å²) in [6.07, 6.45) is 0. The Morgan fingerprint density at radius 3 is 2.76 bits per heavy atom. The van der Waals surface area contributed by atoms with Gasteiger partial charge in [0.15, 0.2) is 0 Å². The Bertz CT molecular complexity index is 676. The molecule has 1 N–H and O–H groups in total. The van der Waals surface area contributed by atoms with E-state index in [1.165, 1.54) is 12.1 Å². The van der Waals surface area contributed by atoms with Gasteiger partial charge < -0.3 is 20.0 Å². The molecule has 0 radical (unpaired) electrons. The summed E-state index contributed by atoms with van der Waals surface area (Å²) in [4.78, 5) is 10.9. The smallest absolute Gasteiger partial charge is 0.123 e. The maximum Gasteiger partial charge on any atom is 0.123 e. The fourth-order valence-corrected chi connectivity index (χ4v) is 2.48. The molecule has 0 aliphatic rings. The van der Waals surface area contributed by atoms with Crippen LogP contribution in [0.15, 0.2) is 40.9 Å². The van der Waals surface area contributed by atoms with E-state index in [1.54, 1.807) is 13.2 Å². The number of carboxylic acid groups (broad SMARTS) is 1. The van der Waals surface area contributed by atoms with Gasteiger partial charge in [-0.1, -0.05) is 27.5 Å².